The highest BCUT2D eigenvalue weighted by molar-refractivity contribution is 7.89. The van der Waals surface area contributed by atoms with Gasteiger partial charge in [-0.3, -0.25) is 9.69 Å². The van der Waals surface area contributed by atoms with Gasteiger partial charge in [-0.25, -0.2) is 8.42 Å². The Bertz CT molecular complexity index is 1410. The minimum absolute atomic E-state index is 0.0517. The van der Waals surface area contributed by atoms with Crippen LogP contribution in [0, 0.1) is 19.8 Å². The van der Waals surface area contributed by atoms with Crippen molar-refractivity contribution in [2.45, 2.75) is 38.1 Å². The van der Waals surface area contributed by atoms with Gasteiger partial charge in [-0.1, -0.05) is 71.4 Å². The zero-order chi connectivity index (χ0) is 27.4. The Hall–Kier alpha value is -3.27. The molecule has 206 valence electrons. The van der Waals surface area contributed by atoms with Crippen LogP contribution in [0.1, 0.15) is 41.0 Å². The number of carbonyl (C=O) groups is 1. The number of rotatable bonds is 7. The van der Waals surface area contributed by atoms with Crippen LogP contribution in [0.15, 0.2) is 64.0 Å². The van der Waals surface area contributed by atoms with E-state index >= 15 is 0 Å². The van der Waals surface area contributed by atoms with E-state index in [4.69, 9.17) is 4.52 Å². The number of piperidine rings is 1. The molecule has 1 amide bonds. The topological polar surface area (TPSA) is 87.0 Å². The number of piperazine rings is 1. The first-order chi connectivity index (χ1) is 18.8. The number of amides is 1. The van der Waals surface area contributed by atoms with Gasteiger partial charge in [-0.15, -0.1) is 0 Å². The summed E-state index contributed by atoms with van der Waals surface area (Å²) in [6.07, 6.45) is 4.80. The first-order valence-electron chi connectivity index (χ1n) is 13.6. The molecule has 2 fully saturated rings. The molecule has 3 heterocycles. The van der Waals surface area contributed by atoms with Crippen LogP contribution in [0.25, 0.3) is 12.2 Å². The second-order valence-electron chi connectivity index (χ2n) is 10.5. The molecule has 0 bridgehead atoms. The highest BCUT2D eigenvalue weighted by Crippen LogP contribution is 2.30. The van der Waals surface area contributed by atoms with E-state index in [1.54, 1.807) is 13.0 Å². The van der Waals surface area contributed by atoms with Crippen molar-refractivity contribution < 1.29 is 17.7 Å². The zero-order valence-electron chi connectivity index (χ0n) is 22.6. The Morgan fingerprint density at radius 1 is 0.974 bits per heavy atom. The van der Waals surface area contributed by atoms with Crippen LogP contribution in [0.3, 0.4) is 0 Å². The van der Waals surface area contributed by atoms with Crippen LogP contribution in [0.4, 0.5) is 0 Å². The lowest BCUT2D eigenvalue weighted by atomic mass is 9.97. The lowest BCUT2D eigenvalue weighted by Crippen LogP contribution is -2.52. The van der Waals surface area contributed by atoms with Crippen LogP contribution < -0.4 is 0 Å². The molecule has 0 aliphatic carbocycles. The SMILES string of the molecule is Cc1ccc(/C=C/c2onc(C)c2S(=O)(=O)N2CCC[C@H](C(=O)N3CCN(Cc4ccccc4)CC3)C2)cc1. The number of nitrogens with zero attached hydrogens (tertiary/aromatic N) is 4. The molecular formula is C30H36N4O4S. The third-order valence-corrected chi connectivity index (χ3v) is 9.63. The van der Waals surface area contributed by atoms with Crippen molar-refractivity contribution in [1.82, 2.24) is 19.3 Å². The first-order valence-corrected chi connectivity index (χ1v) is 15.0. The second-order valence-corrected chi connectivity index (χ2v) is 12.4. The van der Waals surface area contributed by atoms with E-state index in [1.807, 2.05) is 60.4 Å². The van der Waals surface area contributed by atoms with Crippen LogP contribution in [-0.2, 0) is 21.4 Å². The summed E-state index contributed by atoms with van der Waals surface area (Å²) in [4.78, 5) is 17.8. The maximum atomic E-state index is 13.8. The lowest BCUT2D eigenvalue weighted by molar-refractivity contribution is -0.138. The Labute approximate surface area is 230 Å². The highest BCUT2D eigenvalue weighted by Gasteiger charge is 2.38. The maximum absolute atomic E-state index is 13.8. The van der Waals surface area contributed by atoms with Crippen LogP contribution in [0.2, 0.25) is 0 Å². The fraction of sp³-hybridized carbons (Fsp3) is 0.400. The van der Waals surface area contributed by atoms with Crippen molar-refractivity contribution in [3.05, 3.63) is 82.7 Å². The Morgan fingerprint density at radius 3 is 2.41 bits per heavy atom. The van der Waals surface area contributed by atoms with Crippen molar-refractivity contribution >= 4 is 28.1 Å². The molecule has 2 aliphatic heterocycles. The van der Waals surface area contributed by atoms with Gasteiger partial charge in [0.1, 0.15) is 5.69 Å². The van der Waals surface area contributed by atoms with E-state index in [1.165, 1.54) is 9.87 Å². The predicted molar refractivity (Wildman–Crippen MR) is 151 cm³/mol. The predicted octanol–water partition coefficient (Wildman–Crippen LogP) is 4.21. The van der Waals surface area contributed by atoms with E-state index in [2.05, 4.69) is 22.2 Å². The number of aromatic nitrogens is 1. The number of carbonyl (C=O) groups excluding carboxylic acids is 1. The summed E-state index contributed by atoms with van der Waals surface area (Å²) in [7, 11) is -3.88. The van der Waals surface area contributed by atoms with E-state index in [0.29, 0.717) is 38.2 Å². The summed E-state index contributed by atoms with van der Waals surface area (Å²) in [6, 6.07) is 18.3. The molecule has 0 radical (unpaired) electrons. The molecule has 0 unspecified atom stereocenters. The van der Waals surface area contributed by atoms with Gasteiger partial charge >= 0.3 is 0 Å². The summed E-state index contributed by atoms with van der Waals surface area (Å²) >= 11 is 0. The molecule has 2 saturated heterocycles. The van der Waals surface area contributed by atoms with Gasteiger partial charge in [0.2, 0.25) is 15.9 Å². The quantitative estimate of drug-likeness (QED) is 0.440. The third-order valence-electron chi connectivity index (χ3n) is 7.60. The Kier molecular flexibility index (Phi) is 8.30. The van der Waals surface area contributed by atoms with Gasteiger partial charge in [0.05, 0.1) is 5.92 Å². The fourth-order valence-electron chi connectivity index (χ4n) is 5.37. The summed E-state index contributed by atoms with van der Waals surface area (Å²) in [5.41, 5.74) is 3.67. The second kappa shape index (κ2) is 11.9. The van der Waals surface area contributed by atoms with E-state index < -0.39 is 10.0 Å². The van der Waals surface area contributed by atoms with Crippen molar-refractivity contribution in [2.75, 3.05) is 39.3 Å². The van der Waals surface area contributed by atoms with Crippen molar-refractivity contribution in [1.29, 1.82) is 0 Å². The number of aryl methyl sites for hydroxylation is 2. The molecule has 9 heteroatoms. The average molecular weight is 549 g/mol. The molecule has 1 atom stereocenters. The molecule has 2 aliphatic rings. The van der Waals surface area contributed by atoms with E-state index in [9.17, 15) is 13.2 Å². The average Bonchev–Trinajstić information content (AvgIpc) is 3.34. The van der Waals surface area contributed by atoms with Gasteiger partial charge in [0.25, 0.3) is 0 Å². The molecular weight excluding hydrogens is 512 g/mol. The summed E-state index contributed by atoms with van der Waals surface area (Å²) in [5, 5.41) is 3.96. The van der Waals surface area contributed by atoms with Gasteiger partial charge in [-0.2, -0.15) is 4.31 Å². The van der Waals surface area contributed by atoms with Crippen molar-refractivity contribution in [3.63, 3.8) is 0 Å². The van der Waals surface area contributed by atoms with Crippen molar-refractivity contribution in [3.8, 4) is 0 Å². The lowest BCUT2D eigenvalue weighted by Gasteiger charge is -2.38. The first kappa shape index (κ1) is 27.3. The zero-order valence-corrected chi connectivity index (χ0v) is 23.4. The minimum atomic E-state index is -3.88. The minimum Gasteiger partial charge on any atom is -0.355 e. The number of hydrogen-bond acceptors (Lipinski definition) is 6. The molecule has 8 nitrogen and oxygen atoms in total. The third kappa shape index (κ3) is 6.32. The molecule has 3 aromatic rings. The van der Waals surface area contributed by atoms with Crippen LogP contribution >= 0.6 is 0 Å². The summed E-state index contributed by atoms with van der Waals surface area (Å²) in [5.74, 6) is -0.0900. The smallest absolute Gasteiger partial charge is 0.248 e. The maximum Gasteiger partial charge on any atom is 0.248 e. The van der Waals surface area contributed by atoms with Gasteiger partial charge in [0, 0.05) is 45.8 Å². The molecule has 39 heavy (non-hydrogen) atoms. The Balaban J connectivity index is 1.24. The van der Waals surface area contributed by atoms with Gasteiger partial charge < -0.3 is 9.42 Å². The molecule has 2 aromatic carbocycles. The molecule has 1 aromatic heterocycles. The molecule has 0 N–H and O–H groups in total. The normalized spacial score (nSPS) is 19.5. The highest BCUT2D eigenvalue weighted by atomic mass is 32.2. The van der Waals surface area contributed by atoms with Crippen molar-refractivity contribution in [2.24, 2.45) is 5.92 Å². The molecule has 5 rings (SSSR count). The van der Waals surface area contributed by atoms with Crippen LogP contribution in [0.5, 0.6) is 0 Å². The molecule has 0 saturated carbocycles. The van der Waals surface area contributed by atoms with Crippen LogP contribution in [-0.4, -0.2) is 72.9 Å². The molecule has 0 spiro atoms. The monoisotopic (exact) mass is 548 g/mol. The van der Waals surface area contributed by atoms with Gasteiger partial charge in [-0.05, 0) is 43.9 Å². The summed E-state index contributed by atoms with van der Waals surface area (Å²) in [6.45, 7) is 8.03. The van der Waals surface area contributed by atoms with E-state index in [-0.39, 0.29) is 29.0 Å². The number of sulfonamides is 1. The number of hydrogen-bond donors (Lipinski definition) is 0. The fourth-order valence-corrected chi connectivity index (χ4v) is 7.14. The largest absolute Gasteiger partial charge is 0.355 e. The Morgan fingerprint density at radius 2 is 1.69 bits per heavy atom. The number of benzene rings is 2. The standard InChI is InChI=1S/C30H36N4O4S/c1-23-10-12-25(13-11-23)14-15-28-29(24(2)31-38-28)39(36,37)34-16-6-9-27(22-34)30(35)33-19-17-32(18-20-33)21-26-7-4-3-5-8-26/h3-5,7-8,10-15,27H,6,9,16-22H2,1-2H3/b15-14+/t27-/m0/s1. The van der Waals surface area contributed by atoms with E-state index in [0.717, 1.165) is 30.8 Å². The van der Waals surface area contributed by atoms with Gasteiger partial charge in [0.15, 0.2) is 10.7 Å². The summed E-state index contributed by atoms with van der Waals surface area (Å²) < 4.78 is 34.4.